The number of benzene rings is 3. The lowest BCUT2D eigenvalue weighted by molar-refractivity contribution is -0.123. The van der Waals surface area contributed by atoms with Crippen molar-refractivity contribution >= 4 is 40.3 Å². The van der Waals surface area contributed by atoms with Crippen molar-refractivity contribution in [3.8, 4) is 22.7 Å². The summed E-state index contributed by atoms with van der Waals surface area (Å²) in [5.74, 6) is 0.665. The molecule has 39 heavy (non-hydrogen) atoms. The molecule has 8 heteroatoms. The van der Waals surface area contributed by atoms with Crippen molar-refractivity contribution in [2.75, 3.05) is 13.2 Å². The third kappa shape index (κ3) is 5.83. The monoisotopic (exact) mass is 553 g/mol. The van der Waals surface area contributed by atoms with Crippen LogP contribution in [0.1, 0.15) is 24.0 Å². The number of carbonyl (C=O) groups is 1. The quantitative estimate of drug-likeness (QED) is 0.183. The molecule has 0 N–H and O–H groups in total. The molecular formula is C31H27N3O3S2. The SMILES string of the molecule is O=C1/C(=C/c2cn(-c3ccccc3)nc2-c2cccc(OCc3ccccc3)c2)SC(=S)N1CC1CCCO1. The maximum atomic E-state index is 13.4. The molecule has 2 saturated heterocycles. The lowest BCUT2D eigenvalue weighted by Gasteiger charge is -2.18. The van der Waals surface area contributed by atoms with Gasteiger partial charge in [-0.15, -0.1) is 0 Å². The molecular weight excluding hydrogens is 526 g/mol. The molecule has 1 unspecified atom stereocenters. The van der Waals surface area contributed by atoms with Crippen LogP contribution in [0.3, 0.4) is 0 Å². The first-order chi connectivity index (χ1) is 19.1. The Morgan fingerprint density at radius 3 is 2.62 bits per heavy atom. The normalized spacial score (nSPS) is 18.3. The maximum absolute atomic E-state index is 13.4. The van der Waals surface area contributed by atoms with Crippen molar-refractivity contribution in [1.29, 1.82) is 0 Å². The van der Waals surface area contributed by atoms with E-state index < -0.39 is 0 Å². The van der Waals surface area contributed by atoms with E-state index in [2.05, 4.69) is 0 Å². The third-order valence-corrected chi connectivity index (χ3v) is 8.07. The molecule has 4 aromatic rings. The summed E-state index contributed by atoms with van der Waals surface area (Å²) < 4.78 is 14.2. The lowest BCUT2D eigenvalue weighted by Crippen LogP contribution is -2.35. The fraction of sp³-hybridized carbons (Fsp3) is 0.194. The molecule has 6 nitrogen and oxygen atoms in total. The molecule has 1 aromatic heterocycles. The molecule has 1 atom stereocenters. The Kier molecular flexibility index (Phi) is 7.58. The van der Waals surface area contributed by atoms with E-state index in [0.29, 0.717) is 22.4 Å². The van der Waals surface area contributed by atoms with Gasteiger partial charge in [0, 0.05) is 23.9 Å². The van der Waals surface area contributed by atoms with Gasteiger partial charge in [0.05, 0.1) is 23.2 Å². The standard InChI is InChI=1S/C31H27N3O3S2/c35-30-28(39-31(38)33(30)20-27-15-8-16-36-27)18-24-19-34(25-12-5-2-6-13-25)32-29(24)23-11-7-14-26(17-23)37-21-22-9-3-1-4-10-22/h1-7,9-14,17-19,27H,8,15-16,20-21H2/b28-18-. The van der Waals surface area contributed by atoms with Gasteiger partial charge >= 0.3 is 0 Å². The van der Waals surface area contributed by atoms with Crippen LogP contribution in [0.5, 0.6) is 5.75 Å². The molecule has 6 rings (SSSR count). The first-order valence-corrected chi connectivity index (χ1v) is 14.2. The van der Waals surface area contributed by atoms with Crippen molar-refractivity contribution in [3.63, 3.8) is 0 Å². The van der Waals surface area contributed by atoms with E-state index in [1.807, 2.05) is 102 Å². The zero-order chi connectivity index (χ0) is 26.6. The van der Waals surface area contributed by atoms with Crippen LogP contribution in [-0.2, 0) is 16.1 Å². The first kappa shape index (κ1) is 25.6. The molecule has 2 aliphatic rings. The van der Waals surface area contributed by atoms with Gasteiger partial charge in [0.2, 0.25) is 0 Å². The van der Waals surface area contributed by atoms with Crippen molar-refractivity contribution in [1.82, 2.24) is 14.7 Å². The molecule has 0 aliphatic carbocycles. The van der Waals surface area contributed by atoms with E-state index >= 15 is 0 Å². The highest BCUT2D eigenvalue weighted by Crippen LogP contribution is 2.36. The summed E-state index contributed by atoms with van der Waals surface area (Å²) in [5.41, 5.74) is 4.52. The van der Waals surface area contributed by atoms with E-state index in [-0.39, 0.29) is 12.0 Å². The molecule has 3 heterocycles. The average molecular weight is 554 g/mol. The van der Waals surface area contributed by atoms with Gasteiger partial charge in [0.25, 0.3) is 5.91 Å². The van der Waals surface area contributed by atoms with Gasteiger partial charge in [-0.3, -0.25) is 9.69 Å². The van der Waals surface area contributed by atoms with Gasteiger partial charge in [-0.25, -0.2) is 4.68 Å². The summed E-state index contributed by atoms with van der Waals surface area (Å²) >= 11 is 6.90. The Bertz CT molecular complexity index is 1510. The van der Waals surface area contributed by atoms with Crippen LogP contribution < -0.4 is 4.74 Å². The van der Waals surface area contributed by atoms with Crippen LogP contribution in [0.4, 0.5) is 0 Å². The second-order valence-corrected chi connectivity index (χ2v) is 11.1. The van der Waals surface area contributed by atoms with Gasteiger partial charge in [-0.1, -0.05) is 84.6 Å². The summed E-state index contributed by atoms with van der Waals surface area (Å²) in [6, 6.07) is 27.9. The Labute approximate surface area is 237 Å². The molecule has 0 bridgehead atoms. The topological polar surface area (TPSA) is 56.6 Å². The minimum Gasteiger partial charge on any atom is -0.489 e. The van der Waals surface area contributed by atoms with Crippen molar-refractivity contribution in [2.24, 2.45) is 0 Å². The number of para-hydroxylation sites is 1. The lowest BCUT2D eigenvalue weighted by atomic mass is 10.1. The highest BCUT2D eigenvalue weighted by atomic mass is 32.2. The maximum Gasteiger partial charge on any atom is 0.266 e. The molecule has 1 amide bonds. The first-order valence-electron chi connectivity index (χ1n) is 12.9. The average Bonchev–Trinajstić information content (AvgIpc) is 3.71. The van der Waals surface area contributed by atoms with Crippen LogP contribution in [0, 0.1) is 0 Å². The van der Waals surface area contributed by atoms with Crippen molar-refractivity contribution in [3.05, 3.63) is 107 Å². The highest BCUT2D eigenvalue weighted by Gasteiger charge is 2.35. The number of rotatable bonds is 8. The number of hydrogen-bond donors (Lipinski definition) is 0. The molecule has 2 aliphatic heterocycles. The van der Waals surface area contributed by atoms with E-state index in [0.717, 1.165) is 53.3 Å². The van der Waals surface area contributed by atoms with Crippen molar-refractivity contribution < 1.29 is 14.3 Å². The molecule has 0 radical (unpaired) electrons. The summed E-state index contributed by atoms with van der Waals surface area (Å²) in [7, 11) is 0. The van der Waals surface area contributed by atoms with Crippen LogP contribution in [0.15, 0.2) is 96.0 Å². The number of nitrogens with zero attached hydrogens (tertiary/aromatic N) is 3. The molecule has 0 saturated carbocycles. The highest BCUT2D eigenvalue weighted by molar-refractivity contribution is 8.26. The van der Waals surface area contributed by atoms with E-state index in [4.69, 9.17) is 26.8 Å². The van der Waals surface area contributed by atoms with Crippen LogP contribution >= 0.6 is 24.0 Å². The van der Waals surface area contributed by atoms with Crippen LogP contribution in [0.2, 0.25) is 0 Å². The molecule has 2 fully saturated rings. The minimum atomic E-state index is -0.0844. The van der Waals surface area contributed by atoms with E-state index in [1.165, 1.54) is 11.8 Å². The summed E-state index contributed by atoms with van der Waals surface area (Å²) in [6.07, 6.45) is 5.86. The molecule has 196 valence electrons. The van der Waals surface area contributed by atoms with Gasteiger partial charge in [0.1, 0.15) is 22.4 Å². The largest absolute Gasteiger partial charge is 0.489 e. The van der Waals surface area contributed by atoms with Crippen LogP contribution in [-0.4, -0.2) is 44.2 Å². The number of carbonyl (C=O) groups excluding carboxylic acids is 1. The zero-order valence-electron chi connectivity index (χ0n) is 21.2. The molecule has 0 spiro atoms. The number of thiocarbonyl (C=S) groups is 1. The summed E-state index contributed by atoms with van der Waals surface area (Å²) in [6.45, 7) is 1.72. The van der Waals surface area contributed by atoms with Crippen LogP contribution in [0.25, 0.3) is 23.0 Å². The number of amides is 1. The molecule has 3 aromatic carbocycles. The van der Waals surface area contributed by atoms with Crippen molar-refractivity contribution in [2.45, 2.75) is 25.6 Å². The smallest absolute Gasteiger partial charge is 0.266 e. The Balaban J connectivity index is 1.32. The minimum absolute atomic E-state index is 0.0434. The Morgan fingerprint density at radius 1 is 1.05 bits per heavy atom. The second-order valence-electron chi connectivity index (χ2n) is 9.44. The Hall–Kier alpha value is -3.72. The zero-order valence-corrected chi connectivity index (χ0v) is 22.9. The van der Waals surface area contributed by atoms with E-state index in [1.54, 1.807) is 4.90 Å². The number of hydrogen-bond acceptors (Lipinski definition) is 6. The summed E-state index contributed by atoms with van der Waals surface area (Å²) in [5, 5.41) is 4.93. The van der Waals surface area contributed by atoms with E-state index in [9.17, 15) is 4.79 Å². The second kappa shape index (κ2) is 11.6. The predicted octanol–water partition coefficient (Wildman–Crippen LogP) is 6.50. The van der Waals surface area contributed by atoms with Gasteiger partial charge in [-0.2, -0.15) is 5.10 Å². The number of aromatic nitrogens is 2. The fourth-order valence-corrected chi connectivity index (χ4v) is 5.96. The van der Waals surface area contributed by atoms with Gasteiger partial charge in [0.15, 0.2) is 0 Å². The van der Waals surface area contributed by atoms with Gasteiger partial charge < -0.3 is 9.47 Å². The third-order valence-electron chi connectivity index (χ3n) is 6.69. The number of thioether (sulfide) groups is 1. The Morgan fingerprint density at radius 2 is 1.85 bits per heavy atom. The van der Waals surface area contributed by atoms with Gasteiger partial charge in [-0.05, 0) is 48.7 Å². The predicted molar refractivity (Wildman–Crippen MR) is 159 cm³/mol. The summed E-state index contributed by atoms with van der Waals surface area (Å²) in [4.78, 5) is 15.6. The fourth-order valence-electron chi connectivity index (χ4n) is 4.69. The number of ether oxygens (including phenoxy) is 2.